The molecule has 0 aliphatic heterocycles. The Morgan fingerprint density at radius 3 is 0.900 bits per heavy atom. The Balaban J connectivity index is -0.0000000125. The maximum absolute atomic E-state index is 7.62. The van der Waals surface area contributed by atoms with Gasteiger partial charge in [-0.2, -0.15) is 13.8 Å². The molecule has 0 spiro atoms. The average Bonchev–Trinajstić information content (AvgIpc) is 1.96. The molecule has 0 aliphatic carbocycles. The third-order valence-electron chi connectivity index (χ3n) is 0.1000. The predicted molar refractivity (Wildman–Crippen MR) is 36.2 cm³/mol. The van der Waals surface area contributed by atoms with Gasteiger partial charge in [-0.1, -0.05) is 0 Å². The van der Waals surface area contributed by atoms with Crippen molar-refractivity contribution < 1.29 is 49.2 Å². The minimum Gasteiger partial charge on any atom is -0.394 e. The molecule has 0 heterocycles. The fraction of sp³-hybridized carbons (Fsp3) is 0.667. The topological polar surface area (TPSA) is 40.5 Å². The normalized spacial score (nSPS) is 4.20. The molecular weight excluding hydrogens is 235 g/mol. The van der Waals surface area contributed by atoms with Gasteiger partial charge >= 0.3 is 0 Å². The third kappa shape index (κ3) is 130. The van der Waals surface area contributed by atoms with E-state index in [0.29, 0.717) is 0 Å². The number of aliphatic hydroxyl groups is 2. The van der Waals surface area contributed by atoms with Gasteiger partial charge in [0.05, 0.1) is 13.2 Å². The summed E-state index contributed by atoms with van der Waals surface area (Å²) in [5, 5.41) is 15.2. The van der Waals surface area contributed by atoms with Crippen LogP contribution < -0.4 is 0 Å². The molecule has 0 radical (unpaired) electrons. The van der Waals surface area contributed by atoms with E-state index < -0.39 is 0 Å². The summed E-state index contributed by atoms with van der Waals surface area (Å²) in [6.45, 7) is 9.75. The van der Waals surface area contributed by atoms with Crippen LogP contribution in [0.2, 0.25) is 0 Å². The van der Waals surface area contributed by atoms with E-state index in [1.54, 1.807) is 13.8 Å². The van der Waals surface area contributed by atoms with Crippen LogP contribution in [-0.2, 0) is 39.0 Å². The molecule has 0 aliphatic rings. The van der Waals surface area contributed by atoms with Gasteiger partial charge in [0.1, 0.15) is 0 Å². The Morgan fingerprint density at radius 2 is 0.900 bits per heavy atom. The van der Waals surface area contributed by atoms with Crippen LogP contribution in [-0.4, -0.2) is 23.4 Å². The van der Waals surface area contributed by atoms with E-state index in [-0.39, 0.29) is 52.2 Å². The molecular formula is C6H16O2Zn2-2. The van der Waals surface area contributed by atoms with Gasteiger partial charge in [-0.3, -0.25) is 0 Å². The molecule has 0 aromatic carbocycles. The summed E-state index contributed by atoms with van der Waals surface area (Å²) >= 11 is 0. The summed E-state index contributed by atoms with van der Waals surface area (Å²) in [4.78, 5) is 0. The van der Waals surface area contributed by atoms with Crippen LogP contribution >= 0.6 is 0 Å². The first-order chi connectivity index (χ1) is 3.91. The molecule has 2 nitrogen and oxygen atoms in total. The monoisotopic (exact) mass is 248 g/mol. The minimum atomic E-state index is -0.125. The molecule has 2 N–H and O–H groups in total. The Labute approximate surface area is 89.9 Å². The average molecular weight is 251 g/mol. The summed E-state index contributed by atoms with van der Waals surface area (Å²) < 4.78 is 0. The molecule has 0 rings (SSSR count). The van der Waals surface area contributed by atoms with E-state index in [4.69, 9.17) is 10.2 Å². The van der Waals surface area contributed by atoms with Crippen molar-refractivity contribution in [2.75, 3.05) is 13.2 Å². The molecule has 0 atom stereocenters. The van der Waals surface area contributed by atoms with Crippen LogP contribution in [0.25, 0.3) is 0 Å². The van der Waals surface area contributed by atoms with Crippen LogP contribution in [0.5, 0.6) is 0 Å². The molecule has 0 bridgehead atoms. The molecule has 0 unspecified atom stereocenters. The number of hydrogen-bond acceptors (Lipinski definition) is 2. The quantitative estimate of drug-likeness (QED) is 0.530. The van der Waals surface area contributed by atoms with E-state index in [1.165, 1.54) is 0 Å². The number of aliphatic hydroxyl groups excluding tert-OH is 2. The van der Waals surface area contributed by atoms with Gasteiger partial charge in [-0.15, -0.1) is 0 Å². The molecule has 0 aromatic heterocycles. The van der Waals surface area contributed by atoms with E-state index in [0.717, 1.165) is 0 Å². The SMILES string of the molecule is OCCO.[CH2-]C.[CH2-]C.[Zn].[Zn]. The van der Waals surface area contributed by atoms with E-state index in [1.807, 2.05) is 0 Å². The predicted octanol–water partition coefficient (Wildman–Crippen LogP) is 0.647. The summed E-state index contributed by atoms with van der Waals surface area (Å²) in [6, 6.07) is 0. The van der Waals surface area contributed by atoms with Gasteiger partial charge in [-0.05, 0) is 0 Å². The zero-order valence-corrected chi connectivity index (χ0v) is 13.1. The summed E-state index contributed by atoms with van der Waals surface area (Å²) in [5.74, 6) is 0. The van der Waals surface area contributed by atoms with Gasteiger partial charge in [0.15, 0.2) is 0 Å². The van der Waals surface area contributed by atoms with Crippen molar-refractivity contribution in [1.82, 2.24) is 0 Å². The molecule has 0 fully saturated rings. The molecule has 58 valence electrons. The second-order valence-electron chi connectivity index (χ2n) is 0.447. The van der Waals surface area contributed by atoms with E-state index in [9.17, 15) is 0 Å². The van der Waals surface area contributed by atoms with Gasteiger partial charge in [0.25, 0.3) is 0 Å². The summed E-state index contributed by atoms with van der Waals surface area (Å²) in [5.41, 5.74) is 0. The second-order valence-corrected chi connectivity index (χ2v) is 0.447. The summed E-state index contributed by atoms with van der Waals surface area (Å²) in [6.07, 6.45) is 0. The van der Waals surface area contributed by atoms with Crippen LogP contribution in [0.15, 0.2) is 0 Å². The number of hydrogen-bond donors (Lipinski definition) is 2. The standard InChI is InChI=1S/C2H6O2.2C2H5.2Zn/c3-1-2-4;2*1-2;;/h3-4H,1-2H2;2*1H2,2H3;;/q;2*-1;;. The first-order valence-electron chi connectivity index (χ1n) is 2.55. The maximum Gasteiger partial charge on any atom is 0.0662 e. The van der Waals surface area contributed by atoms with Crippen LogP contribution in [0.4, 0.5) is 0 Å². The zero-order valence-electron chi connectivity index (χ0n) is 7.14. The molecule has 0 saturated carbocycles. The fourth-order valence-corrected chi connectivity index (χ4v) is 0. The number of rotatable bonds is 1. The van der Waals surface area contributed by atoms with Crippen LogP contribution in [0.1, 0.15) is 13.8 Å². The van der Waals surface area contributed by atoms with Crippen molar-refractivity contribution in [3.8, 4) is 0 Å². The molecule has 4 heteroatoms. The maximum atomic E-state index is 7.62. The van der Waals surface area contributed by atoms with Crippen molar-refractivity contribution in [3.05, 3.63) is 13.8 Å². The Bertz CT molecular complexity index is 15.7. The Kier molecular flexibility index (Phi) is 259. The van der Waals surface area contributed by atoms with Crippen molar-refractivity contribution >= 4 is 0 Å². The first kappa shape index (κ1) is 30.4. The van der Waals surface area contributed by atoms with Crippen molar-refractivity contribution in [1.29, 1.82) is 0 Å². The molecule has 0 aromatic rings. The Hall–Kier alpha value is 1.17. The fourth-order valence-electron chi connectivity index (χ4n) is 0. The van der Waals surface area contributed by atoms with Crippen LogP contribution in [0.3, 0.4) is 0 Å². The largest absolute Gasteiger partial charge is 0.394 e. The third-order valence-corrected chi connectivity index (χ3v) is 0.1000. The zero-order chi connectivity index (χ0) is 7.41. The second kappa shape index (κ2) is 85.2. The van der Waals surface area contributed by atoms with E-state index in [2.05, 4.69) is 13.8 Å². The Morgan fingerprint density at radius 1 is 0.800 bits per heavy atom. The van der Waals surface area contributed by atoms with Gasteiger partial charge in [-0.25, -0.2) is 0 Å². The van der Waals surface area contributed by atoms with Gasteiger partial charge < -0.3 is 24.1 Å². The van der Waals surface area contributed by atoms with Gasteiger partial charge in [0, 0.05) is 39.0 Å². The van der Waals surface area contributed by atoms with E-state index >= 15 is 0 Å². The summed E-state index contributed by atoms with van der Waals surface area (Å²) in [7, 11) is 0. The molecule has 10 heavy (non-hydrogen) atoms. The van der Waals surface area contributed by atoms with Crippen molar-refractivity contribution in [2.45, 2.75) is 13.8 Å². The van der Waals surface area contributed by atoms with Crippen LogP contribution in [0, 0.1) is 13.8 Å². The van der Waals surface area contributed by atoms with Gasteiger partial charge in [0.2, 0.25) is 0 Å². The minimum absolute atomic E-state index is 0. The molecule has 0 saturated heterocycles. The van der Waals surface area contributed by atoms with Crippen molar-refractivity contribution in [2.24, 2.45) is 0 Å². The van der Waals surface area contributed by atoms with Crippen molar-refractivity contribution in [3.63, 3.8) is 0 Å². The molecule has 0 amide bonds. The first-order valence-corrected chi connectivity index (χ1v) is 2.55. The smallest absolute Gasteiger partial charge is 0.0662 e.